The predicted octanol–water partition coefficient (Wildman–Crippen LogP) is 3.51. The van der Waals surface area contributed by atoms with Gasteiger partial charge in [0.2, 0.25) is 5.91 Å². The number of carbonyl (C=O) groups excluding carboxylic acids is 1. The van der Waals surface area contributed by atoms with E-state index in [2.05, 4.69) is 42.8 Å². The zero-order valence-corrected chi connectivity index (χ0v) is 14.3. The minimum Gasteiger partial charge on any atom is -0.399 e. The van der Waals surface area contributed by atoms with Gasteiger partial charge in [-0.15, -0.1) is 0 Å². The van der Waals surface area contributed by atoms with Crippen LogP contribution in [0.2, 0.25) is 0 Å². The summed E-state index contributed by atoms with van der Waals surface area (Å²) in [6, 6.07) is 15.0. The molecule has 0 aliphatic rings. The van der Waals surface area contributed by atoms with Gasteiger partial charge in [-0.1, -0.05) is 12.6 Å². The van der Waals surface area contributed by atoms with Crippen LogP contribution in [0, 0.1) is 0 Å². The Balaban J connectivity index is 0.000000240. The maximum Gasteiger partial charge on any atom is 0.247 e. The summed E-state index contributed by atoms with van der Waals surface area (Å²) in [4.78, 5) is 13.1. The van der Waals surface area contributed by atoms with Crippen LogP contribution in [0.5, 0.6) is 0 Å². The number of amides is 1. The second-order valence-electron chi connectivity index (χ2n) is 5.08. The molecule has 24 heavy (non-hydrogen) atoms. The lowest BCUT2D eigenvalue weighted by Gasteiger charge is -2.20. The van der Waals surface area contributed by atoms with E-state index in [0.29, 0.717) is 11.4 Å². The fraction of sp³-hybridized carbons (Fsp3) is 0.211. The lowest BCUT2D eigenvalue weighted by Crippen LogP contribution is -2.21. The first-order chi connectivity index (χ1) is 11.5. The maximum atomic E-state index is 10.8. The molecule has 128 valence electrons. The van der Waals surface area contributed by atoms with Crippen molar-refractivity contribution in [1.82, 2.24) is 0 Å². The number of carbonyl (C=O) groups is 1. The fourth-order valence-electron chi connectivity index (χ4n) is 2.08. The van der Waals surface area contributed by atoms with Crippen molar-refractivity contribution >= 4 is 28.7 Å². The molecule has 0 aliphatic carbocycles. The highest BCUT2D eigenvalue weighted by molar-refractivity contribution is 5.99. The highest BCUT2D eigenvalue weighted by Gasteiger charge is 1.99. The molecule has 0 fully saturated rings. The minimum absolute atomic E-state index is 0.236. The van der Waals surface area contributed by atoms with Gasteiger partial charge < -0.3 is 21.7 Å². The van der Waals surface area contributed by atoms with Gasteiger partial charge in [0, 0.05) is 35.8 Å². The molecule has 0 aliphatic heterocycles. The molecule has 1 amide bonds. The fourth-order valence-corrected chi connectivity index (χ4v) is 2.08. The first-order valence-electron chi connectivity index (χ1n) is 7.89. The third-order valence-electron chi connectivity index (χ3n) is 3.36. The van der Waals surface area contributed by atoms with Gasteiger partial charge in [0.05, 0.1) is 0 Å². The summed E-state index contributed by atoms with van der Waals surface area (Å²) in [6.07, 6.45) is 1.21. The molecular formula is C19H26N4O. The van der Waals surface area contributed by atoms with Gasteiger partial charge in [-0.2, -0.15) is 0 Å². The first-order valence-corrected chi connectivity index (χ1v) is 7.89. The van der Waals surface area contributed by atoms with E-state index in [-0.39, 0.29) is 5.91 Å². The van der Waals surface area contributed by atoms with Crippen LogP contribution in [0.15, 0.2) is 61.2 Å². The molecule has 5 nitrogen and oxygen atoms in total. The molecular weight excluding hydrogens is 300 g/mol. The van der Waals surface area contributed by atoms with Crippen molar-refractivity contribution in [2.24, 2.45) is 0 Å². The number of nitrogens with zero attached hydrogens (tertiary/aromatic N) is 1. The van der Waals surface area contributed by atoms with Crippen LogP contribution in [0.3, 0.4) is 0 Å². The molecule has 0 aromatic heterocycles. The van der Waals surface area contributed by atoms with E-state index in [1.165, 1.54) is 11.8 Å². The van der Waals surface area contributed by atoms with E-state index in [0.717, 1.165) is 18.8 Å². The zero-order chi connectivity index (χ0) is 17.9. The van der Waals surface area contributed by atoms with Crippen molar-refractivity contribution in [3.05, 3.63) is 61.2 Å². The highest BCUT2D eigenvalue weighted by Crippen LogP contribution is 2.15. The molecule has 5 N–H and O–H groups in total. The summed E-state index contributed by atoms with van der Waals surface area (Å²) in [6.45, 7) is 9.73. The van der Waals surface area contributed by atoms with E-state index >= 15 is 0 Å². The van der Waals surface area contributed by atoms with Crippen molar-refractivity contribution < 1.29 is 4.79 Å². The molecule has 0 atom stereocenters. The lowest BCUT2D eigenvalue weighted by atomic mass is 10.2. The molecule has 0 spiro atoms. The van der Waals surface area contributed by atoms with Crippen molar-refractivity contribution in [3.8, 4) is 0 Å². The Morgan fingerprint density at radius 2 is 1.71 bits per heavy atom. The maximum absolute atomic E-state index is 10.8. The summed E-state index contributed by atoms with van der Waals surface area (Å²) in [5.41, 5.74) is 14.5. The smallest absolute Gasteiger partial charge is 0.247 e. The molecule has 2 aromatic carbocycles. The Hall–Kier alpha value is -2.95. The molecule has 2 aromatic rings. The Bertz CT molecular complexity index is 649. The van der Waals surface area contributed by atoms with Crippen LogP contribution in [0.4, 0.5) is 22.7 Å². The number of anilines is 4. The number of rotatable bonds is 5. The number of nitrogens with two attached hydrogens (primary N) is 2. The average Bonchev–Trinajstić information content (AvgIpc) is 2.58. The SMILES string of the molecule is C=CC(=O)Nc1cccc(N)c1.CCN(CC)c1ccc(N)cc1. The standard InChI is InChI=1S/C10H16N2.C9H10N2O/c1-3-12(4-2)10-7-5-9(11)6-8-10;1-2-9(12)11-8-5-3-4-7(10)6-8/h5-8H,3-4,11H2,1-2H3;2-6H,1,10H2,(H,11,12). The van der Waals surface area contributed by atoms with Gasteiger partial charge >= 0.3 is 0 Å². The molecule has 0 saturated carbocycles. The molecule has 0 saturated heterocycles. The largest absolute Gasteiger partial charge is 0.399 e. The van der Waals surface area contributed by atoms with Crippen molar-refractivity contribution in [2.75, 3.05) is 34.8 Å². The topological polar surface area (TPSA) is 84.4 Å². The van der Waals surface area contributed by atoms with Crippen molar-refractivity contribution in [1.29, 1.82) is 0 Å². The van der Waals surface area contributed by atoms with Crippen LogP contribution in [0.1, 0.15) is 13.8 Å². The molecule has 0 unspecified atom stereocenters. The Morgan fingerprint density at radius 1 is 1.08 bits per heavy atom. The first kappa shape index (κ1) is 19.1. The van der Waals surface area contributed by atoms with E-state index < -0.39 is 0 Å². The number of hydrogen-bond donors (Lipinski definition) is 3. The van der Waals surface area contributed by atoms with Crippen LogP contribution in [-0.4, -0.2) is 19.0 Å². The third kappa shape index (κ3) is 6.44. The third-order valence-corrected chi connectivity index (χ3v) is 3.36. The number of nitrogens with one attached hydrogen (secondary N) is 1. The monoisotopic (exact) mass is 326 g/mol. The molecule has 0 radical (unpaired) electrons. The van der Waals surface area contributed by atoms with Crippen LogP contribution in [0.25, 0.3) is 0 Å². The predicted molar refractivity (Wildman–Crippen MR) is 104 cm³/mol. The zero-order valence-electron chi connectivity index (χ0n) is 14.3. The quantitative estimate of drug-likeness (QED) is 0.580. The Labute approximate surface area is 144 Å². The molecule has 5 heteroatoms. The van der Waals surface area contributed by atoms with E-state index in [1.54, 1.807) is 24.3 Å². The van der Waals surface area contributed by atoms with Crippen molar-refractivity contribution in [3.63, 3.8) is 0 Å². The van der Waals surface area contributed by atoms with E-state index in [4.69, 9.17) is 11.5 Å². The average molecular weight is 326 g/mol. The van der Waals surface area contributed by atoms with Crippen molar-refractivity contribution in [2.45, 2.75) is 13.8 Å². The number of hydrogen-bond acceptors (Lipinski definition) is 4. The van der Waals surface area contributed by atoms with Gasteiger partial charge in [0.1, 0.15) is 0 Å². The summed E-state index contributed by atoms with van der Waals surface area (Å²) in [5.74, 6) is -0.236. The second kappa shape index (κ2) is 9.94. The van der Waals surface area contributed by atoms with E-state index in [1.807, 2.05) is 12.1 Å². The van der Waals surface area contributed by atoms with Gasteiger partial charge in [-0.05, 0) is 62.4 Å². The summed E-state index contributed by atoms with van der Waals surface area (Å²) < 4.78 is 0. The minimum atomic E-state index is -0.236. The molecule has 0 bridgehead atoms. The summed E-state index contributed by atoms with van der Waals surface area (Å²) in [7, 11) is 0. The van der Waals surface area contributed by atoms with Crippen LogP contribution < -0.4 is 21.7 Å². The Kier molecular flexibility index (Phi) is 7.91. The van der Waals surface area contributed by atoms with E-state index in [9.17, 15) is 4.79 Å². The van der Waals surface area contributed by atoms with Crippen LogP contribution >= 0.6 is 0 Å². The summed E-state index contributed by atoms with van der Waals surface area (Å²) >= 11 is 0. The van der Waals surface area contributed by atoms with Gasteiger partial charge in [0.25, 0.3) is 0 Å². The van der Waals surface area contributed by atoms with Gasteiger partial charge in [0.15, 0.2) is 0 Å². The molecule has 0 heterocycles. The molecule has 2 rings (SSSR count). The number of nitrogen functional groups attached to an aromatic ring is 2. The highest BCUT2D eigenvalue weighted by atomic mass is 16.1. The van der Waals surface area contributed by atoms with Crippen LogP contribution in [-0.2, 0) is 4.79 Å². The second-order valence-corrected chi connectivity index (χ2v) is 5.08. The summed E-state index contributed by atoms with van der Waals surface area (Å²) in [5, 5.41) is 2.60. The number of benzene rings is 2. The van der Waals surface area contributed by atoms with Gasteiger partial charge in [-0.25, -0.2) is 0 Å². The Morgan fingerprint density at radius 3 is 2.21 bits per heavy atom. The lowest BCUT2D eigenvalue weighted by molar-refractivity contribution is -0.111. The van der Waals surface area contributed by atoms with Gasteiger partial charge in [-0.3, -0.25) is 4.79 Å². The normalized spacial score (nSPS) is 9.42.